The van der Waals surface area contributed by atoms with Crippen molar-refractivity contribution in [2.45, 2.75) is 37.1 Å². The molecule has 1 saturated carbocycles. The van der Waals surface area contributed by atoms with Gasteiger partial charge in [-0.05, 0) is 25.0 Å². The molecule has 4 heterocycles. The van der Waals surface area contributed by atoms with E-state index < -0.39 is 18.2 Å². The lowest BCUT2D eigenvalue weighted by Gasteiger charge is -2.19. The van der Waals surface area contributed by atoms with Gasteiger partial charge in [0, 0.05) is 37.9 Å². The van der Waals surface area contributed by atoms with Gasteiger partial charge in [0.1, 0.15) is 23.8 Å². The number of nitrogens with one attached hydrogen (secondary N) is 1. The number of aliphatic hydroxyl groups is 3. The molecule has 3 aromatic heterocycles. The van der Waals surface area contributed by atoms with Crippen LogP contribution in [0.1, 0.15) is 18.9 Å². The standard InChI is InChI=1S/C20H24ClN7O3/c21-12-1-2-15(22-6-12)27-4-3-13(7-27)26-19-16-20(24-9-23-19)28(10-25-16)14-5-11(8-29)17(30)18(14)31/h1-2,6,9-11,13-14,17-18,29-31H,3-5,7-8H2,(H,23,24,26)/t11-,13+,14?,17-,18+/m1/s1. The second-order valence-electron chi connectivity index (χ2n) is 8.18. The molecule has 0 radical (unpaired) electrons. The van der Waals surface area contributed by atoms with E-state index >= 15 is 0 Å². The molecular weight excluding hydrogens is 422 g/mol. The smallest absolute Gasteiger partial charge is 0.165 e. The van der Waals surface area contributed by atoms with Gasteiger partial charge in [-0.1, -0.05) is 11.6 Å². The maximum atomic E-state index is 10.5. The summed E-state index contributed by atoms with van der Waals surface area (Å²) in [5.41, 5.74) is 1.20. The van der Waals surface area contributed by atoms with Gasteiger partial charge >= 0.3 is 0 Å². The van der Waals surface area contributed by atoms with Gasteiger partial charge < -0.3 is 30.1 Å². The third kappa shape index (κ3) is 3.69. The summed E-state index contributed by atoms with van der Waals surface area (Å²) in [7, 11) is 0. The van der Waals surface area contributed by atoms with Gasteiger partial charge in [-0.25, -0.2) is 19.9 Å². The second-order valence-corrected chi connectivity index (χ2v) is 8.62. The van der Waals surface area contributed by atoms with Crippen LogP contribution in [0.4, 0.5) is 11.6 Å². The van der Waals surface area contributed by atoms with E-state index in [2.05, 4.69) is 30.2 Å². The molecule has 0 spiro atoms. The van der Waals surface area contributed by atoms with Crippen LogP contribution in [-0.2, 0) is 0 Å². The number of anilines is 2. The van der Waals surface area contributed by atoms with E-state index in [0.717, 1.165) is 25.3 Å². The van der Waals surface area contributed by atoms with Gasteiger partial charge in [-0.2, -0.15) is 0 Å². The van der Waals surface area contributed by atoms with Crippen molar-refractivity contribution in [3.63, 3.8) is 0 Å². The van der Waals surface area contributed by atoms with Gasteiger partial charge in [0.05, 0.1) is 23.5 Å². The van der Waals surface area contributed by atoms with Crippen molar-refractivity contribution in [3.05, 3.63) is 36.0 Å². The molecule has 0 amide bonds. The first-order valence-electron chi connectivity index (χ1n) is 10.3. The van der Waals surface area contributed by atoms with Gasteiger partial charge in [0.25, 0.3) is 0 Å². The van der Waals surface area contributed by atoms with Gasteiger partial charge in [-0.15, -0.1) is 0 Å². The average Bonchev–Trinajstić information content (AvgIpc) is 3.48. The van der Waals surface area contributed by atoms with Crippen LogP contribution >= 0.6 is 11.6 Å². The van der Waals surface area contributed by atoms with E-state index in [4.69, 9.17) is 11.6 Å². The fourth-order valence-electron chi connectivity index (χ4n) is 4.59. The minimum atomic E-state index is -0.990. The minimum absolute atomic E-state index is 0.165. The van der Waals surface area contributed by atoms with Crippen LogP contribution in [0.2, 0.25) is 5.02 Å². The summed E-state index contributed by atoms with van der Waals surface area (Å²) in [5, 5.41) is 34.2. The first-order chi connectivity index (χ1) is 15.0. The normalized spacial score (nSPS) is 28.5. The van der Waals surface area contributed by atoms with Crippen LogP contribution < -0.4 is 10.2 Å². The zero-order chi connectivity index (χ0) is 21.5. The van der Waals surface area contributed by atoms with Crippen molar-refractivity contribution >= 4 is 34.4 Å². The fourth-order valence-corrected chi connectivity index (χ4v) is 4.70. The summed E-state index contributed by atoms with van der Waals surface area (Å²) in [6.45, 7) is 1.46. The highest BCUT2D eigenvalue weighted by Crippen LogP contribution is 2.37. The van der Waals surface area contributed by atoms with Crippen LogP contribution in [0, 0.1) is 5.92 Å². The molecule has 1 aliphatic heterocycles. The number of pyridine rings is 1. The number of imidazole rings is 1. The lowest BCUT2D eigenvalue weighted by Crippen LogP contribution is -2.30. The minimum Gasteiger partial charge on any atom is -0.396 e. The highest BCUT2D eigenvalue weighted by molar-refractivity contribution is 6.30. The first kappa shape index (κ1) is 20.4. The van der Waals surface area contributed by atoms with Crippen LogP contribution in [-0.4, -0.2) is 77.8 Å². The van der Waals surface area contributed by atoms with Crippen molar-refractivity contribution in [1.29, 1.82) is 0 Å². The number of nitrogens with zero attached hydrogens (tertiary/aromatic N) is 6. The Labute approximate surface area is 183 Å². The van der Waals surface area contributed by atoms with Crippen LogP contribution in [0.3, 0.4) is 0 Å². The molecule has 0 aromatic carbocycles. The highest BCUT2D eigenvalue weighted by Gasteiger charge is 2.42. The highest BCUT2D eigenvalue weighted by atomic mass is 35.5. The molecule has 2 aliphatic rings. The predicted molar refractivity (Wildman–Crippen MR) is 115 cm³/mol. The molecule has 3 aromatic rings. The van der Waals surface area contributed by atoms with Gasteiger partial charge in [0.15, 0.2) is 11.5 Å². The number of aromatic nitrogens is 5. The number of hydrogen-bond donors (Lipinski definition) is 4. The SMILES string of the molecule is OC[C@H]1CC(n2cnc3c(N[C@H]4CCN(c5ccc(Cl)cn5)C4)ncnc32)[C@H](O)[C@@H]1O. The summed E-state index contributed by atoms with van der Waals surface area (Å²) in [4.78, 5) is 19.8. The van der Waals surface area contributed by atoms with Crippen LogP contribution in [0.5, 0.6) is 0 Å². The third-order valence-corrected chi connectivity index (χ3v) is 6.51. The number of rotatable bonds is 5. The summed E-state index contributed by atoms with van der Waals surface area (Å²) in [5.74, 6) is 1.15. The molecule has 1 aliphatic carbocycles. The molecule has 11 heteroatoms. The Kier molecular flexibility index (Phi) is 5.39. The monoisotopic (exact) mass is 445 g/mol. The fraction of sp³-hybridized carbons (Fsp3) is 0.500. The third-order valence-electron chi connectivity index (χ3n) is 6.29. The van der Waals surface area contributed by atoms with Crippen molar-refractivity contribution in [2.24, 2.45) is 5.92 Å². The van der Waals surface area contributed by atoms with Crippen molar-refractivity contribution < 1.29 is 15.3 Å². The van der Waals surface area contributed by atoms with Crippen molar-refractivity contribution in [2.75, 3.05) is 29.9 Å². The topological polar surface area (TPSA) is 132 Å². The summed E-state index contributed by atoms with van der Waals surface area (Å²) in [6, 6.07) is 3.51. The lowest BCUT2D eigenvalue weighted by atomic mass is 10.1. The largest absolute Gasteiger partial charge is 0.396 e. The predicted octanol–water partition coefficient (Wildman–Crippen LogP) is 0.841. The van der Waals surface area contributed by atoms with Crippen molar-refractivity contribution in [3.8, 4) is 0 Å². The molecule has 5 atom stereocenters. The summed E-state index contributed by atoms with van der Waals surface area (Å²) >= 11 is 5.93. The van der Waals surface area contributed by atoms with E-state index in [0.29, 0.717) is 28.4 Å². The maximum absolute atomic E-state index is 10.5. The Morgan fingerprint density at radius 1 is 1.13 bits per heavy atom. The molecule has 1 saturated heterocycles. The maximum Gasteiger partial charge on any atom is 0.165 e. The molecule has 4 N–H and O–H groups in total. The van der Waals surface area contributed by atoms with E-state index in [-0.39, 0.29) is 18.6 Å². The second kappa shape index (κ2) is 8.19. The molecule has 0 bridgehead atoms. The van der Waals surface area contributed by atoms with Crippen molar-refractivity contribution in [1.82, 2.24) is 24.5 Å². The zero-order valence-electron chi connectivity index (χ0n) is 16.7. The Morgan fingerprint density at radius 2 is 2.00 bits per heavy atom. The number of halogens is 1. The van der Waals surface area contributed by atoms with Crippen LogP contribution in [0.25, 0.3) is 11.2 Å². The lowest BCUT2D eigenvalue weighted by molar-refractivity contribution is -0.00370. The molecule has 10 nitrogen and oxygen atoms in total. The zero-order valence-corrected chi connectivity index (χ0v) is 17.5. The molecule has 1 unspecified atom stereocenters. The number of fused-ring (bicyclic) bond motifs is 1. The average molecular weight is 446 g/mol. The Hall–Kier alpha value is -2.53. The van der Waals surface area contributed by atoms with Crippen LogP contribution in [0.15, 0.2) is 31.0 Å². The first-order valence-corrected chi connectivity index (χ1v) is 10.7. The molecule has 31 heavy (non-hydrogen) atoms. The van der Waals surface area contributed by atoms with E-state index in [1.54, 1.807) is 17.1 Å². The number of hydrogen-bond acceptors (Lipinski definition) is 9. The Bertz CT molecular complexity index is 1060. The molecule has 5 rings (SSSR count). The van der Waals surface area contributed by atoms with Gasteiger partial charge in [-0.3, -0.25) is 0 Å². The number of aliphatic hydroxyl groups excluding tert-OH is 3. The summed E-state index contributed by atoms with van der Waals surface area (Å²) in [6.07, 6.45) is 4.13. The van der Waals surface area contributed by atoms with E-state index in [1.165, 1.54) is 6.33 Å². The summed E-state index contributed by atoms with van der Waals surface area (Å²) < 4.78 is 1.77. The van der Waals surface area contributed by atoms with E-state index in [9.17, 15) is 15.3 Å². The quantitative estimate of drug-likeness (QED) is 0.451. The molecule has 164 valence electrons. The molecule has 2 fully saturated rings. The molecular formula is C20H24ClN7O3. The van der Waals surface area contributed by atoms with Gasteiger partial charge in [0.2, 0.25) is 0 Å². The van der Waals surface area contributed by atoms with E-state index in [1.807, 2.05) is 12.1 Å². The Morgan fingerprint density at radius 3 is 2.74 bits per heavy atom. The Balaban J connectivity index is 1.34.